The van der Waals surface area contributed by atoms with Gasteiger partial charge in [0.1, 0.15) is 5.82 Å². The predicted molar refractivity (Wildman–Crippen MR) is 74.6 cm³/mol. The van der Waals surface area contributed by atoms with E-state index in [9.17, 15) is 4.79 Å². The Morgan fingerprint density at radius 3 is 2.74 bits per heavy atom. The smallest absolute Gasteiger partial charge is 0.239 e. The molecule has 1 amide bonds. The van der Waals surface area contributed by atoms with E-state index < -0.39 is 0 Å². The van der Waals surface area contributed by atoms with Crippen LogP contribution in [0.25, 0.3) is 0 Å². The summed E-state index contributed by atoms with van der Waals surface area (Å²) in [6.07, 6.45) is 6.33. The molecule has 0 aliphatic carbocycles. The van der Waals surface area contributed by atoms with Crippen molar-refractivity contribution in [2.45, 2.75) is 45.1 Å². The van der Waals surface area contributed by atoms with Crippen LogP contribution in [0.3, 0.4) is 0 Å². The van der Waals surface area contributed by atoms with Crippen molar-refractivity contribution in [3.63, 3.8) is 0 Å². The van der Waals surface area contributed by atoms with Crippen molar-refractivity contribution in [2.75, 3.05) is 13.1 Å². The van der Waals surface area contributed by atoms with Gasteiger partial charge in [0.05, 0.1) is 6.04 Å². The van der Waals surface area contributed by atoms with Crippen LogP contribution in [-0.4, -0.2) is 39.9 Å². The first-order valence-electron chi connectivity index (χ1n) is 7.11. The number of hydrogen-bond acceptors (Lipinski definition) is 3. The molecule has 0 aromatic carbocycles. The fraction of sp³-hybridized carbons (Fsp3) is 0.714. The Bertz CT molecular complexity index is 394. The fourth-order valence-corrected chi connectivity index (χ4v) is 2.72. The number of H-pyrrole nitrogens is 1. The number of nitrogens with two attached hydrogens (primary N) is 1. The van der Waals surface area contributed by atoms with Crippen LogP contribution in [0.15, 0.2) is 12.4 Å². The number of amides is 1. The molecule has 0 unspecified atom stereocenters. The summed E-state index contributed by atoms with van der Waals surface area (Å²) in [5, 5.41) is 0. The maximum absolute atomic E-state index is 12.2. The Kier molecular flexibility index (Phi) is 4.58. The molecule has 0 bridgehead atoms. The average Bonchev–Trinajstić information content (AvgIpc) is 2.91. The number of aromatic nitrogens is 2. The van der Waals surface area contributed by atoms with E-state index in [1.807, 2.05) is 11.1 Å². The van der Waals surface area contributed by atoms with E-state index in [4.69, 9.17) is 5.73 Å². The molecule has 1 aromatic heterocycles. The van der Waals surface area contributed by atoms with Gasteiger partial charge >= 0.3 is 0 Å². The van der Waals surface area contributed by atoms with E-state index in [1.54, 1.807) is 6.20 Å². The maximum Gasteiger partial charge on any atom is 0.239 e. The molecule has 1 aliphatic heterocycles. The topological polar surface area (TPSA) is 75.0 Å². The molecule has 3 N–H and O–H groups in total. The summed E-state index contributed by atoms with van der Waals surface area (Å²) in [5.41, 5.74) is 5.97. The van der Waals surface area contributed by atoms with Crippen molar-refractivity contribution in [1.82, 2.24) is 14.9 Å². The van der Waals surface area contributed by atoms with Crippen LogP contribution in [0.5, 0.6) is 0 Å². The van der Waals surface area contributed by atoms with E-state index in [2.05, 4.69) is 23.8 Å². The SMILES string of the molecule is CC(C)C[C@H](N)C(=O)N1CCC(c2ncc[nH]2)CC1. The summed E-state index contributed by atoms with van der Waals surface area (Å²) in [4.78, 5) is 21.6. The highest BCUT2D eigenvalue weighted by molar-refractivity contribution is 5.81. The summed E-state index contributed by atoms with van der Waals surface area (Å²) in [7, 11) is 0. The van der Waals surface area contributed by atoms with Crippen molar-refractivity contribution in [1.29, 1.82) is 0 Å². The van der Waals surface area contributed by atoms with Crippen molar-refractivity contribution < 1.29 is 4.79 Å². The number of carbonyl (C=O) groups excluding carboxylic acids is 1. The lowest BCUT2D eigenvalue weighted by molar-refractivity contribution is -0.134. The van der Waals surface area contributed by atoms with E-state index in [0.717, 1.165) is 38.2 Å². The van der Waals surface area contributed by atoms with Gasteiger partial charge in [0.25, 0.3) is 0 Å². The second-order valence-electron chi connectivity index (χ2n) is 5.81. The van der Waals surface area contributed by atoms with Gasteiger partial charge < -0.3 is 15.6 Å². The third-order valence-electron chi connectivity index (χ3n) is 3.76. The third-order valence-corrected chi connectivity index (χ3v) is 3.76. The zero-order valence-electron chi connectivity index (χ0n) is 11.8. The Labute approximate surface area is 114 Å². The molecular weight excluding hydrogens is 240 g/mol. The number of nitrogens with zero attached hydrogens (tertiary/aromatic N) is 2. The molecule has 5 nitrogen and oxygen atoms in total. The normalized spacial score (nSPS) is 18.8. The Balaban J connectivity index is 1.84. The van der Waals surface area contributed by atoms with E-state index in [1.165, 1.54) is 0 Å². The summed E-state index contributed by atoms with van der Waals surface area (Å²) in [5.74, 6) is 2.05. The standard InChI is InChI=1S/C14H24N4O/c1-10(2)9-12(15)14(19)18-7-3-11(4-8-18)13-16-5-6-17-13/h5-6,10-12H,3-4,7-9,15H2,1-2H3,(H,16,17)/t12-/m0/s1. The number of rotatable bonds is 4. The van der Waals surface area contributed by atoms with Crippen LogP contribution in [0.2, 0.25) is 0 Å². The number of imidazole rings is 1. The highest BCUT2D eigenvalue weighted by Crippen LogP contribution is 2.25. The first-order chi connectivity index (χ1) is 9.08. The number of aromatic amines is 1. The number of nitrogens with one attached hydrogen (secondary N) is 1. The van der Waals surface area contributed by atoms with Gasteiger partial charge in [-0.3, -0.25) is 4.79 Å². The molecule has 0 radical (unpaired) electrons. The molecule has 1 aliphatic rings. The van der Waals surface area contributed by atoms with Gasteiger partial charge in [-0.1, -0.05) is 13.8 Å². The number of hydrogen-bond donors (Lipinski definition) is 2. The second-order valence-corrected chi connectivity index (χ2v) is 5.81. The molecule has 106 valence electrons. The lowest BCUT2D eigenvalue weighted by Crippen LogP contribution is -2.47. The monoisotopic (exact) mass is 264 g/mol. The average molecular weight is 264 g/mol. The largest absolute Gasteiger partial charge is 0.348 e. The zero-order valence-corrected chi connectivity index (χ0v) is 11.8. The molecule has 2 heterocycles. The minimum atomic E-state index is -0.347. The molecular formula is C14H24N4O. The number of carbonyl (C=O) groups is 1. The lowest BCUT2D eigenvalue weighted by atomic mass is 9.95. The van der Waals surface area contributed by atoms with E-state index in [0.29, 0.717) is 11.8 Å². The minimum absolute atomic E-state index is 0.103. The summed E-state index contributed by atoms with van der Waals surface area (Å²) < 4.78 is 0. The van der Waals surface area contributed by atoms with Gasteiger partial charge in [-0.05, 0) is 25.2 Å². The van der Waals surface area contributed by atoms with Crippen LogP contribution in [0.1, 0.15) is 44.9 Å². The van der Waals surface area contributed by atoms with Crippen LogP contribution >= 0.6 is 0 Å². The van der Waals surface area contributed by atoms with Gasteiger partial charge in [0, 0.05) is 31.4 Å². The van der Waals surface area contributed by atoms with Gasteiger partial charge in [0.15, 0.2) is 0 Å². The fourth-order valence-electron chi connectivity index (χ4n) is 2.72. The van der Waals surface area contributed by atoms with Crippen LogP contribution in [0, 0.1) is 5.92 Å². The molecule has 2 rings (SSSR count). The molecule has 1 saturated heterocycles. The lowest BCUT2D eigenvalue weighted by Gasteiger charge is -2.33. The van der Waals surface area contributed by atoms with Crippen molar-refractivity contribution in [3.8, 4) is 0 Å². The van der Waals surface area contributed by atoms with Gasteiger partial charge in [-0.15, -0.1) is 0 Å². The van der Waals surface area contributed by atoms with Crippen LogP contribution < -0.4 is 5.73 Å². The predicted octanol–water partition coefficient (Wildman–Crippen LogP) is 1.49. The van der Waals surface area contributed by atoms with E-state index in [-0.39, 0.29) is 11.9 Å². The molecule has 1 atom stereocenters. The maximum atomic E-state index is 12.2. The van der Waals surface area contributed by atoms with Crippen molar-refractivity contribution in [2.24, 2.45) is 11.7 Å². The molecule has 0 saturated carbocycles. The van der Waals surface area contributed by atoms with Gasteiger partial charge in [-0.25, -0.2) is 4.98 Å². The first kappa shape index (κ1) is 14.1. The van der Waals surface area contributed by atoms with Gasteiger partial charge in [0.2, 0.25) is 5.91 Å². The van der Waals surface area contributed by atoms with Gasteiger partial charge in [-0.2, -0.15) is 0 Å². The highest BCUT2D eigenvalue weighted by atomic mass is 16.2. The number of piperidine rings is 1. The Morgan fingerprint density at radius 2 is 2.21 bits per heavy atom. The minimum Gasteiger partial charge on any atom is -0.348 e. The third kappa shape index (κ3) is 3.56. The Morgan fingerprint density at radius 1 is 1.53 bits per heavy atom. The second kappa shape index (κ2) is 6.19. The van der Waals surface area contributed by atoms with Crippen molar-refractivity contribution >= 4 is 5.91 Å². The molecule has 0 spiro atoms. The summed E-state index contributed by atoms with van der Waals surface area (Å²) in [6, 6.07) is -0.347. The Hall–Kier alpha value is -1.36. The summed E-state index contributed by atoms with van der Waals surface area (Å²) >= 11 is 0. The molecule has 1 aromatic rings. The molecule has 19 heavy (non-hydrogen) atoms. The number of likely N-dealkylation sites (tertiary alicyclic amines) is 1. The molecule has 1 fully saturated rings. The van der Waals surface area contributed by atoms with Crippen LogP contribution in [-0.2, 0) is 4.79 Å². The highest BCUT2D eigenvalue weighted by Gasteiger charge is 2.27. The molecule has 5 heteroatoms. The quantitative estimate of drug-likeness (QED) is 0.865. The van der Waals surface area contributed by atoms with E-state index >= 15 is 0 Å². The van der Waals surface area contributed by atoms with Crippen LogP contribution in [0.4, 0.5) is 0 Å². The van der Waals surface area contributed by atoms with Crippen molar-refractivity contribution in [3.05, 3.63) is 18.2 Å². The zero-order chi connectivity index (χ0) is 13.8. The summed E-state index contributed by atoms with van der Waals surface area (Å²) in [6.45, 7) is 5.76. The first-order valence-corrected chi connectivity index (χ1v) is 7.11.